The minimum atomic E-state index is -3.01. The Bertz CT molecular complexity index is 477. The largest absolute Gasteiger partial charge is 0.345 e. The fourth-order valence-corrected chi connectivity index (χ4v) is 1.72. The molecule has 0 aliphatic carbocycles. The number of hydrogen-bond donors (Lipinski definition) is 1. The van der Waals surface area contributed by atoms with E-state index in [4.69, 9.17) is 0 Å². The molecule has 1 aromatic rings. The van der Waals surface area contributed by atoms with Crippen LogP contribution in [0.2, 0.25) is 0 Å². The number of rotatable bonds is 8. The van der Waals surface area contributed by atoms with Crippen LogP contribution in [0, 0.1) is 5.82 Å². The Balaban J connectivity index is 2.54. The van der Waals surface area contributed by atoms with Gasteiger partial charge in [0.1, 0.15) is 11.9 Å². The SMILES string of the molecule is CC(=O)NC(COC(F)F)C(=O)CCc1ccc(F)cc1. The minimum Gasteiger partial charge on any atom is -0.344 e. The van der Waals surface area contributed by atoms with Crippen LogP contribution in [0.3, 0.4) is 0 Å². The molecule has 0 aromatic heterocycles. The highest BCUT2D eigenvalue weighted by atomic mass is 19.3. The summed E-state index contributed by atoms with van der Waals surface area (Å²) >= 11 is 0. The molecule has 7 heteroatoms. The van der Waals surface area contributed by atoms with Crippen molar-refractivity contribution in [1.82, 2.24) is 5.32 Å². The van der Waals surface area contributed by atoms with Crippen molar-refractivity contribution in [1.29, 1.82) is 0 Å². The number of amides is 1. The van der Waals surface area contributed by atoms with Crippen molar-refractivity contribution in [3.05, 3.63) is 35.6 Å². The molecular weight excluding hydrogens is 287 g/mol. The maximum Gasteiger partial charge on any atom is 0.345 e. The molecule has 1 rings (SSSR count). The van der Waals surface area contributed by atoms with Gasteiger partial charge in [-0.05, 0) is 24.1 Å². The van der Waals surface area contributed by atoms with E-state index in [1.54, 1.807) is 0 Å². The van der Waals surface area contributed by atoms with Crippen LogP contribution in [-0.2, 0) is 20.7 Å². The minimum absolute atomic E-state index is 0.0309. The highest BCUT2D eigenvalue weighted by Gasteiger charge is 2.21. The molecule has 21 heavy (non-hydrogen) atoms. The Morgan fingerprint density at radius 2 is 1.86 bits per heavy atom. The van der Waals surface area contributed by atoms with Gasteiger partial charge < -0.3 is 10.1 Å². The zero-order valence-electron chi connectivity index (χ0n) is 11.4. The van der Waals surface area contributed by atoms with Gasteiger partial charge in [-0.1, -0.05) is 12.1 Å². The number of benzene rings is 1. The van der Waals surface area contributed by atoms with Crippen LogP contribution in [0.5, 0.6) is 0 Å². The number of carbonyl (C=O) groups is 2. The number of Topliss-reactive ketones (excluding diaryl/α,β-unsaturated/α-hetero) is 1. The number of ketones is 1. The number of alkyl halides is 2. The van der Waals surface area contributed by atoms with Crippen LogP contribution in [-0.4, -0.2) is 31.0 Å². The zero-order valence-corrected chi connectivity index (χ0v) is 11.4. The number of carbonyl (C=O) groups excluding carboxylic acids is 2. The van der Waals surface area contributed by atoms with Gasteiger partial charge in [0.05, 0.1) is 6.61 Å². The summed E-state index contributed by atoms with van der Waals surface area (Å²) < 4.78 is 40.8. The second kappa shape index (κ2) is 8.41. The molecule has 0 spiro atoms. The van der Waals surface area contributed by atoms with E-state index in [0.29, 0.717) is 6.42 Å². The van der Waals surface area contributed by atoms with Gasteiger partial charge in [-0.25, -0.2) is 4.39 Å². The zero-order chi connectivity index (χ0) is 15.8. The van der Waals surface area contributed by atoms with Gasteiger partial charge in [0, 0.05) is 13.3 Å². The average molecular weight is 303 g/mol. The third-order valence-electron chi connectivity index (χ3n) is 2.73. The Morgan fingerprint density at radius 1 is 1.24 bits per heavy atom. The van der Waals surface area contributed by atoms with Crippen LogP contribution >= 0.6 is 0 Å². The summed E-state index contributed by atoms with van der Waals surface area (Å²) in [7, 11) is 0. The van der Waals surface area contributed by atoms with Crippen LogP contribution < -0.4 is 5.32 Å². The van der Waals surface area contributed by atoms with E-state index in [1.807, 2.05) is 0 Å². The molecule has 0 radical (unpaired) electrons. The molecule has 0 aliphatic heterocycles. The van der Waals surface area contributed by atoms with E-state index in [0.717, 1.165) is 5.56 Å². The standard InChI is InChI=1S/C14H16F3NO3/c1-9(19)18-12(8-21-14(16)17)13(20)7-4-10-2-5-11(15)6-3-10/h2-3,5-6,12,14H,4,7-8H2,1H3,(H,18,19). The first kappa shape index (κ1) is 17.2. The number of nitrogens with one attached hydrogen (secondary N) is 1. The molecule has 1 unspecified atom stereocenters. The van der Waals surface area contributed by atoms with Crippen molar-refractivity contribution < 1.29 is 27.5 Å². The fourth-order valence-electron chi connectivity index (χ4n) is 1.72. The molecule has 0 bridgehead atoms. The average Bonchev–Trinajstić information content (AvgIpc) is 2.42. The van der Waals surface area contributed by atoms with Crippen molar-refractivity contribution in [2.24, 2.45) is 0 Å². The quantitative estimate of drug-likeness (QED) is 0.800. The summed E-state index contributed by atoms with van der Waals surface area (Å²) in [4.78, 5) is 22.9. The number of aryl methyl sites for hydroxylation is 1. The smallest absolute Gasteiger partial charge is 0.344 e. The van der Waals surface area contributed by atoms with E-state index in [1.165, 1.54) is 31.2 Å². The lowest BCUT2D eigenvalue weighted by Crippen LogP contribution is -2.43. The first-order chi connectivity index (χ1) is 9.88. The molecule has 0 heterocycles. The molecule has 1 aromatic carbocycles. The Kier molecular flexibility index (Phi) is 6.87. The molecule has 1 amide bonds. The second-order valence-electron chi connectivity index (χ2n) is 4.44. The lowest BCUT2D eigenvalue weighted by atomic mass is 10.0. The number of halogens is 3. The van der Waals surface area contributed by atoms with Gasteiger partial charge in [-0.2, -0.15) is 8.78 Å². The maximum absolute atomic E-state index is 12.7. The van der Waals surface area contributed by atoms with Crippen molar-refractivity contribution in [3.63, 3.8) is 0 Å². The molecule has 1 atom stereocenters. The second-order valence-corrected chi connectivity index (χ2v) is 4.44. The topological polar surface area (TPSA) is 55.4 Å². The molecule has 0 aliphatic rings. The highest BCUT2D eigenvalue weighted by Crippen LogP contribution is 2.07. The first-order valence-electron chi connectivity index (χ1n) is 6.32. The molecule has 0 fully saturated rings. The van der Waals surface area contributed by atoms with Gasteiger partial charge >= 0.3 is 6.61 Å². The molecule has 4 nitrogen and oxygen atoms in total. The van der Waals surface area contributed by atoms with Crippen LogP contribution in [0.15, 0.2) is 24.3 Å². The van der Waals surface area contributed by atoms with E-state index in [9.17, 15) is 22.8 Å². The summed E-state index contributed by atoms with van der Waals surface area (Å²) in [5.41, 5.74) is 0.737. The van der Waals surface area contributed by atoms with Gasteiger partial charge in [-0.15, -0.1) is 0 Å². The Labute approximate surface area is 120 Å². The highest BCUT2D eigenvalue weighted by molar-refractivity contribution is 5.88. The van der Waals surface area contributed by atoms with Crippen molar-refractivity contribution in [2.75, 3.05) is 6.61 Å². The molecular formula is C14H16F3NO3. The summed E-state index contributed by atoms with van der Waals surface area (Å²) in [6.07, 6.45) is 0.354. The predicted octanol–water partition coefficient (Wildman–Crippen LogP) is 2.07. The van der Waals surface area contributed by atoms with Crippen molar-refractivity contribution in [2.45, 2.75) is 32.4 Å². The van der Waals surface area contributed by atoms with Crippen molar-refractivity contribution in [3.8, 4) is 0 Å². The third-order valence-corrected chi connectivity index (χ3v) is 2.73. The van der Waals surface area contributed by atoms with Crippen molar-refractivity contribution >= 4 is 11.7 Å². The maximum atomic E-state index is 12.7. The fraction of sp³-hybridized carbons (Fsp3) is 0.429. The summed E-state index contributed by atoms with van der Waals surface area (Å²) in [5.74, 6) is -1.31. The Hall–Kier alpha value is -1.89. The van der Waals surface area contributed by atoms with Gasteiger partial charge in [0.25, 0.3) is 0 Å². The monoisotopic (exact) mass is 303 g/mol. The van der Waals surface area contributed by atoms with Crippen LogP contribution in [0.1, 0.15) is 18.9 Å². The van der Waals surface area contributed by atoms with E-state index >= 15 is 0 Å². The molecule has 0 saturated carbocycles. The van der Waals surface area contributed by atoms with E-state index < -0.39 is 31.0 Å². The molecule has 116 valence electrons. The molecule has 0 saturated heterocycles. The van der Waals surface area contributed by atoms with Gasteiger partial charge in [0.2, 0.25) is 5.91 Å². The normalized spacial score (nSPS) is 12.2. The van der Waals surface area contributed by atoms with E-state index in [-0.39, 0.29) is 12.2 Å². The Morgan fingerprint density at radius 3 is 2.38 bits per heavy atom. The lowest BCUT2D eigenvalue weighted by Gasteiger charge is -2.16. The van der Waals surface area contributed by atoms with Gasteiger partial charge in [0.15, 0.2) is 5.78 Å². The lowest BCUT2D eigenvalue weighted by molar-refractivity contribution is -0.145. The summed E-state index contributed by atoms with van der Waals surface area (Å²) in [6.45, 7) is -2.41. The molecule has 1 N–H and O–H groups in total. The van der Waals surface area contributed by atoms with Crippen LogP contribution in [0.4, 0.5) is 13.2 Å². The first-order valence-corrected chi connectivity index (χ1v) is 6.32. The summed E-state index contributed by atoms with van der Waals surface area (Å²) in [5, 5.41) is 2.27. The van der Waals surface area contributed by atoms with E-state index in [2.05, 4.69) is 10.1 Å². The number of hydrogen-bond acceptors (Lipinski definition) is 3. The predicted molar refractivity (Wildman–Crippen MR) is 69.3 cm³/mol. The number of ether oxygens (including phenoxy) is 1. The van der Waals surface area contributed by atoms with Gasteiger partial charge in [-0.3, -0.25) is 9.59 Å². The third kappa shape index (κ3) is 6.89. The summed E-state index contributed by atoms with van der Waals surface area (Å²) in [6, 6.07) is 4.49. The van der Waals surface area contributed by atoms with Crippen LogP contribution in [0.25, 0.3) is 0 Å².